The topological polar surface area (TPSA) is 87.7 Å². The zero-order chi connectivity index (χ0) is 13.5. The molecule has 1 aromatic carbocycles. The molecule has 0 fully saturated rings. The number of carboxylic acids is 1. The van der Waals surface area contributed by atoms with Gasteiger partial charge in [0.25, 0.3) is 0 Å². The van der Waals surface area contributed by atoms with Crippen LogP contribution in [0.5, 0.6) is 0 Å². The quantitative estimate of drug-likeness (QED) is 0.707. The number of anilines is 2. The van der Waals surface area contributed by atoms with E-state index < -0.39 is 12.0 Å². The first-order valence-corrected chi connectivity index (χ1v) is 5.41. The van der Waals surface area contributed by atoms with E-state index >= 15 is 0 Å². The van der Waals surface area contributed by atoms with E-state index in [1.54, 1.807) is 31.2 Å². The Balaban J connectivity index is 2.57. The number of carboxylic acid groups (broad SMARTS) is 1. The summed E-state index contributed by atoms with van der Waals surface area (Å²) in [4.78, 5) is 21.9. The molecule has 0 aromatic heterocycles. The molecule has 0 aliphatic carbocycles. The lowest BCUT2D eigenvalue weighted by atomic mass is 10.2. The highest BCUT2D eigenvalue weighted by molar-refractivity contribution is 5.91. The summed E-state index contributed by atoms with van der Waals surface area (Å²) in [7, 11) is 1.44. The third-order valence-electron chi connectivity index (χ3n) is 2.20. The summed E-state index contributed by atoms with van der Waals surface area (Å²) in [5, 5.41) is 14.2. The van der Waals surface area contributed by atoms with Gasteiger partial charge in [0, 0.05) is 18.5 Å². The molecule has 1 atom stereocenters. The molecule has 0 heterocycles. The predicted octanol–water partition coefficient (Wildman–Crippen LogP) is 1.16. The van der Waals surface area contributed by atoms with Crippen molar-refractivity contribution < 1.29 is 19.4 Å². The monoisotopic (exact) mass is 252 g/mol. The Morgan fingerprint density at radius 3 is 2.33 bits per heavy atom. The van der Waals surface area contributed by atoms with E-state index in [-0.39, 0.29) is 12.5 Å². The fourth-order valence-corrected chi connectivity index (χ4v) is 1.29. The summed E-state index contributed by atoms with van der Waals surface area (Å²) in [6.07, 6.45) is 0. The van der Waals surface area contributed by atoms with Crippen LogP contribution in [0.4, 0.5) is 11.4 Å². The second-order valence-corrected chi connectivity index (χ2v) is 3.76. The highest BCUT2D eigenvalue weighted by Crippen LogP contribution is 2.14. The lowest BCUT2D eigenvalue weighted by Crippen LogP contribution is -2.25. The molecular weight excluding hydrogens is 236 g/mol. The zero-order valence-electron chi connectivity index (χ0n) is 10.3. The van der Waals surface area contributed by atoms with Crippen molar-refractivity contribution in [3.63, 3.8) is 0 Å². The third-order valence-corrected chi connectivity index (χ3v) is 2.20. The van der Waals surface area contributed by atoms with Crippen LogP contribution in [0.25, 0.3) is 0 Å². The third kappa shape index (κ3) is 4.42. The van der Waals surface area contributed by atoms with Gasteiger partial charge in [-0.1, -0.05) is 0 Å². The van der Waals surface area contributed by atoms with Crippen LogP contribution in [0, 0.1) is 0 Å². The number of hydrogen-bond acceptors (Lipinski definition) is 4. The van der Waals surface area contributed by atoms with Gasteiger partial charge in [-0.2, -0.15) is 0 Å². The SMILES string of the molecule is COCC(=O)Nc1ccc(NC(C)C(=O)O)cc1. The fourth-order valence-electron chi connectivity index (χ4n) is 1.29. The van der Waals surface area contributed by atoms with E-state index in [1.165, 1.54) is 7.11 Å². The van der Waals surface area contributed by atoms with Crippen molar-refractivity contribution in [2.24, 2.45) is 0 Å². The Kier molecular flexibility index (Phi) is 5.13. The normalized spacial score (nSPS) is 11.7. The molecule has 0 saturated carbocycles. The van der Waals surface area contributed by atoms with Crippen LogP contribution in [-0.2, 0) is 14.3 Å². The van der Waals surface area contributed by atoms with Crippen molar-refractivity contribution in [3.8, 4) is 0 Å². The number of hydrogen-bond donors (Lipinski definition) is 3. The van der Waals surface area contributed by atoms with Crippen LogP contribution in [-0.4, -0.2) is 36.7 Å². The number of amides is 1. The maximum Gasteiger partial charge on any atom is 0.325 e. The molecule has 98 valence electrons. The minimum absolute atomic E-state index is 0.00392. The van der Waals surface area contributed by atoms with Crippen molar-refractivity contribution in [1.82, 2.24) is 0 Å². The van der Waals surface area contributed by atoms with Crippen LogP contribution in [0.3, 0.4) is 0 Å². The van der Waals surface area contributed by atoms with Crippen molar-refractivity contribution >= 4 is 23.3 Å². The lowest BCUT2D eigenvalue weighted by Gasteiger charge is -2.11. The van der Waals surface area contributed by atoms with Gasteiger partial charge in [-0.3, -0.25) is 9.59 Å². The Morgan fingerprint density at radius 1 is 1.28 bits per heavy atom. The second-order valence-electron chi connectivity index (χ2n) is 3.76. The Labute approximate surface area is 105 Å². The van der Waals surface area contributed by atoms with Crippen molar-refractivity contribution in [2.45, 2.75) is 13.0 Å². The van der Waals surface area contributed by atoms with Crippen LogP contribution < -0.4 is 10.6 Å². The molecule has 1 rings (SSSR count). The van der Waals surface area contributed by atoms with Crippen LogP contribution in [0.2, 0.25) is 0 Å². The number of carbonyl (C=O) groups excluding carboxylic acids is 1. The van der Waals surface area contributed by atoms with E-state index in [0.717, 1.165) is 0 Å². The van der Waals surface area contributed by atoms with E-state index in [1.807, 2.05) is 0 Å². The zero-order valence-corrected chi connectivity index (χ0v) is 10.3. The molecule has 0 bridgehead atoms. The molecule has 0 spiro atoms. The summed E-state index contributed by atoms with van der Waals surface area (Å²) in [5.41, 5.74) is 1.31. The molecule has 0 saturated heterocycles. The molecule has 3 N–H and O–H groups in total. The van der Waals surface area contributed by atoms with E-state index in [2.05, 4.69) is 15.4 Å². The molecule has 1 aromatic rings. The summed E-state index contributed by atoms with van der Waals surface area (Å²) in [6, 6.07) is 6.09. The highest BCUT2D eigenvalue weighted by Gasteiger charge is 2.09. The molecule has 0 aliphatic rings. The number of ether oxygens (including phenoxy) is 1. The average Bonchev–Trinajstić information content (AvgIpc) is 2.31. The number of nitrogens with one attached hydrogen (secondary N) is 2. The summed E-state index contributed by atoms with van der Waals surface area (Å²) in [5.74, 6) is -1.16. The van der Waals surface area contributed by atoms with Gasteiger partial charge in [0.2, 0.25) is 5.91 Å². The number of aliphatic carboxylic acids is 1. The fraction of sp³-hybridized carbons (Fsp3) is 0.333. The maximum absolute atomic E-state index is 11.2. The van der Waals surface area contributed by atoms with Gasteiger partial charge in [0.05, 0.1) is 0 Å². The molecule has 6 heteroatoms. The molecule has 6 nitrogen and oxygen atoms in total. The molecule has 0 radical (unpaired) electrons. The van der Waals surface area contributed by atoms with Gasteiger partial charge >= 0.3 is 5.97 Å². The Morgan fingerprint density at radius 2 is 1.83 bits per heavy atom. The minimum atomic E-state index is -0.924. The smallest absolute Gasteiger partial charge is 0.325 e. The van der Waals surface area contributed by atoms with Gasteiger partial charge in [-0.05, 0) is 31.2 Å². The summed E-state index contributed by atoms with van der Waals surface area (Å²) < 4.78 is 4.69. The number of benzene rings is 1. The van der Waals surface area contributed by atoms with Crippen LogP contribution in [0.15, 0.2) is 24.3 Å². The number of carbonyl (C=O) groups is 2. The average molecular weight is 252 g/mol. The van der Waals surface area contributed by atoms with E-state index in [4.69, 9.17) is 5.11 Å². The van der Waals surface area contributed by atoms with E-state index in [9.17, 15) is 9.59 Å². The van der Waals surface area contributed by atoms with Crippen molar-refractivity contribution in [3.05, 3.63) is 24.3 Å². The first kappa shape index (κ1) is 14.0. The van der Waals surface area contributed by atoms with Gasteiger partial charge < -0.3 is 20.5 Å². The Hall–Kier alpha value is -2.08. The molecule has 18 heavy (non-hydrogen) atoms. The van der Waals surface area contributed by atoms with Crippen LogP contribution >= 0.6 is 0 Å². The molecule has 0 aliphatic heterocycles. The van der Waals surface area contributed by atoms with Gasteiger partial charge in [0.15, 0.2) is 0 Å². The van der Waals surface area contributed by atoms with Crippen molar-refractivity contribution in [1.29, 1.82) is 0 Å². The lowest BCUT2D eigenvalue weighted by molar-refractivity contribution is -0.137. The van der Waals surface area contributed by atoms with Gasteiger partial charge in [-0.25, -0.2) is 0 Å². The first-order valence-electron chi connectivity index (χ1n) is 5.41. The summed E-state index contributed by atoms with van der Waals surface area (Å²) >= 11 is 0. The minimum Gasteiger partial charge on any atom is -0.480 e. The van der Waals surface area contributed by atoms with Gasteiger partial charge in [0.1, 0.15) is 12.6 Å². The molecule has 1 unspecified atom stereocenters. The number of rotatable bonds is 6. The van der Waals surface area contributed by atoms with Crippen LogP contribution in [0.1, 0.15) is 6.92 Å². The van der Waals surface area contributed by atoms with Crippen molar-refractivity contribution in [2.75, 3.05) is 24.4 Å². The predicted molar refractivity (Wildman–Crippen MR) is 67.7 cm³/mol. The summed E-state index contributed by atoms with van der Waals surface area (Å²) in [6.45, 7) is 1.55. The van der Waals surface area contributed by atoms with Gasteiger partial charge in [-0.15, -0.1) is 0 Å². The largest absolute Gasteiger partial charge is 0.480 e. The standard InChI is InChI=1S/C12H16N2O4/c1-8(12(16)17)13-9-3-5-10(6-4-9)14-11(15)7-18-2/h3-6,8,13H,7H2,1-2H3,(H,14,15)(H,16,17). The second kappa shape index (κ2) is 6.61. The van der Waals surface area contributed by atoms with E-state index in [0.29, 0.717) is 11.4 Å². The molecule has 1 amide bonds. The first-order chi connectivity index (χ1) is 8.52. The number of methoxy groups -OCH3 is 1. The Bertz CT molecular complexity index is 417. The maximum atomic E-state index is 11.2. The highest BCUT2D eigenvalue weighted by atomic mass is 16.5. The molecular formula is C12H16N2O4.